The number of hydrogen-bond acceptors (Lipinski definition) is 3. The molecule has 0 bridgehead atoms. The lowest BCUT2D eigenvalue weighted by Crippen LogP contribution is -2.48. The first-order valence-corrected chi connectivity index (χ1v) is 9.25. The maximum Gasteiger partial charge on any atom is 0.164 e. The SMILES string of the molecule is COc1c(C(C)C)cc2c(c1O)[C@@]1(C)CCCC(C)(C)[C@H]1C[C@H]2O. The number of rotatable bonds is 2. The zero-order valence-corrected chi connectivity index (χ0v) is 15.9. The fraction of sp³-hybridized carbons (Fsp3) is 0.714. The molecule has 2 aliphatic rings. The lowest BCUT2D eigenvalue weighted by atomic mass is 9.49. The molecular formula is C21H32O3. The Bertz CT molecular complexity index is 647. The summed E-state index contributed by atoms with van der Waals surface area (Å²) < 4.78 is 5.58. The van der Waals surface area contributed by atoms with Crippen LogP contribution >= 0.6 is 0 Å². The number of hydrogen-bond donors (Lipinski definition) is 2. The fourth-order valence-corrected chi connectivity index (χ4v) is 5.55. The highest BCUT2D eigenvalue weighted by Crippen LogP contribution is 2.62. The first-order valence-electron chi connectivity index (χ1n) is 9.25. The van der Waals surface area contributed by atoms with Gasteiger partial charge in [-0.2, -0.15) is 0 Å². The Hall–Kier alpha value is -1.22. The lowest BCUT2D eigenvalue weighted by Gasteiger charge is -2.55. The van der Waals surface area contributed by atoms with E-state index in [0.29, 0.717) is 11.7 Å². The largest absolute Gasteiger partial charge is 0.504 e. The first-order chi connectivity index (χ1) is 11.1. The topological polar surface area (TPSA) is 49.7 Å². The maximum absolute atomic E-state index is 11.1. The summed E-state index contributed by atoms with van der Waals surface area (Å²) >= 11 is 0. The van der Waals surface area contributed by atoms with E-state index in [0.717, 1.165) is 36.0 Å². The van der Waals surface area contributed by atoms with Crippen LogP contribution in [0.2, 0.25) is 0 Å². The van der Waals surface area contributed by atoms with Gasteiger partial charge in [0, 0.05) is 16.5 Å². The van der Waals surface area contributed by atoms with Crippen LogP contribution in [0.4, 0.5) is 0 Å². The molecule has 1 aromatic carbocycles. The van der Waals surface area contributed by atoms with Gasteiger partial charge in [-0.05, 0) is 48.1 Å². The van der Waals surface area contributed by atoms with Gasteiger partial charge in [-0.1, -0.05) is 41.0 Å². The predicted molar refractivity (Wildman–Crippen MR) is 96.8 cm³/mol. The molecule has 0 radical (unpaired) electrons. The highest BCUT2D eigenvalue weighted by molar-refractivity contribution is 5.60. The zero-order chi connectivity index (χ0) is 17.9. The number of aliphatic hydroxyl groups excluding tert-OH is 1. The predicted octanol–water partition coefficient (Wildman–Crippen LogP) is 5.05. The van der Waals surface area contributed by atoms with Crippen molar-refractivity contribution < 1.29 is 14.9 Å². The molecule has 1 fully saturated rings. The van der Waals surface area contributed by atoms with Crippen LogP contribution in [0, 0.1) is 11.3 Å². The van der Waals surface area contributed by atoms with E-state index in [4.69, 9.17) is 4.74 Å². The first kappa shape index (κ1) is 17.6. The van der Waals surface area contributed by atoms with Gasteiger partial charge in [0.05, 0.1) is 13.2 Å². The van der Waals surface area contributed by atoms with Crippen LogP contribution in [0.25, 0.3) is 0 Å². The minimum absolute atomic E-state index is 0.108. The maximum atomic E-state index is 11.1. The van der Waals surface area contributed by atoms with Gasteiger partial charge >= 0.3 is 0 Å². The van der Waals surface area contributed by atoms with Crippen LogP contribution in [0.3, 0.4) is 0 Å². The number of aromatic hydroxyl groups is 1. The second-order valence-corrected chi connectivity index (χ2v) is 9.03. The van der Waals surface area contributed by atoms with Crippen molar-refractivity contribution >= 4 is 0 Å². The summed E-state index contributed by atoms with van der Waals surface area (Å²) in [6.07, 6.45) is 3.66. The van der Waals surface area contributed by atoms with Crippen molar-refractivity contribution in [3.8, 4) is 11.5 Å². The second-order valence-electron chi connectivity index (χ2n) is 9.03. The lowest BCUT2D eigenvalue weighted by molar-refractivity contribution is -0.00817. The minimum Gasteiger partial charge on any atom is -0.504 e. The molecule has 134 valence electrons. The van der Waals surface area contributed by atoms with Gasteiger partial charge in [-0.3, -0.25) is 0 Å². The molecule has 2 N–H and O–H groups in total. The average molecular weight is 332 g/mol. The van der Waals surface area contributed by atoms with Crippen LogP contribution in [-0.4, -0.2) is 17.3 Å². The van der Waals surface area contributed by atoms with E-state index >= 15 is 0 Å². The third kappa shape index (κ3) is 2.35. The number of fused-ring (bicyclic) bond motifs is 3. The normalized spacial score (nSPS) is 31.5. The third-order valence-electron chi connectivity index (χ3n) is 6.76. The summed E-state index contributed by atoms with van der Waals surface area (Å²) in [6.45, 7) is 11.1. The van der Waals surface area contributed by atoms with Crippen molar-refractivity contribution in [3.63, 3.8) is 0 Å². The Morgan fingerprint density at radius 3 is 2.46 bits per heavy atom. The summed E-state index contributed by atoms with van der Waals surface area (Å²) in [7, 11) is 1.62. The Kier molecular flexibility index (Phi) is 4.15. The van der Waals surface area contributed by atoms with Gasteiger partial charge in [-0.15, -0.1) is 0 Å². The minimum atomic E-state index is -0.509. The highest BCUT2D eigenvalue weighted by atomic mass is 16.5. The van der Waals surface area contributed by atoms with E-state index in [1.54, 1.807) is 7.11 Å². The molecule has 0 saturated heterocycles. The number of methoxy groups -OCH3 is 1. The second kappa shape index (κ2) is 5.66. The Balaban J connectivity index is 2.28. The summed E-state index contributed by atoms with van der Waals surface area (Å²) in [4.78, 5) is 0. The fourth-order valence-electron chi connectivity index (χ4n) is 5.55. The van der Waals surface area contributed by atoms with Crippen molar-refractivity contribution in [2.75, 3.05) is 7.11 Å². The van der Waals surface area contributed by atoms with E-state index in [-0.39, 0.29) is 22.5 Å². The van der Waals surface area contributed by atoms with Crippen LogP contribution in [-0.2, 0) is 5.41 Å². The Morgan fingerprint density at radius 2 is 1.88 bits per heavy atom. The Morgan fingerprint density at radius 1 is 1.21 bits per heavy atom. The summed E-state index contributed by atoms with van der Waals surface area (Å²) in [5.74, 6) is 1.43. The number of phenolic OH excluding ortho intramolecular Hbond substituents is 1. The molecule has 3 nitrogen and oxygen atoms in total. The van der Waals surface area contributed by atoms with E-state index in [2.05, 4.69) is 40.7 Å². The van der Waals surface area contributed by atoms with Crippen LogP contribution in [0.15, 0.2) is 6.07 Å². The molecule has 1 saturated carbocycles. The van der Waals surface area contributed by atoms with Crippen molar-refractivity contribution in [2.24, 2.45) is 11.3 Å². The van der Waals surface area contributed by atoms with Crippen LogP contribution < -0.4 is 4.74 Å². The van der Waals surface area contributed by atoms with Crippen LogP contribution in [0.1, 0.15) is 89.0 Å². The molecule has 0 aliphatic heterocycles. The van der Waals surface area contributed by atoms with E-state index < -0.39 is 6.10 Å². The smallest absolute Gasteiger partial charge is 0.164 e. The molecule has 3 heteroatoms. The number of benzene rings is 1. The Labute approximate surface area is 146 Å². The average Bonchev–Trinajstić information content (AvgIpc) is 2.48. The molecule has 3 atom stereocenters. The molecule has 24 heavy (non-hydrogen) atoms. The molecule has 3 rings (SSSR count). The number of aliphatic hydroxyl groups is 1. The molecule has 0 aromatic heterocycles. The molecule has 2 aliphatic carbocycles. The number of ether oxygens (including phenoxy) is 1. The van der Waals surface area contributed by atoms with E-state index in [9.17, 15) is 10.2 Å². The van der Waals surface area contributed by atoms with E-state index in [1.807, 2.05) is 0 Å². The molecule has 1 aromatic rings. The summed E-state index contributed by atoms with van der Waals surface area (Å²) in [5, 5.41) is 22.0. The van der Waals surface area contributed by atoms with Gasteiger partial charge in [0.1, 0.15) is 0 Å². The van der Waals surface area contributed by atoms with Gasteiger partial charge in [0.2, 0.25) is 0 Å². The third-order valence-corrected chi connectivity index (χ3v) is 6.76. The van der Waals surface area contributed by atoms with E-state index in [1.165, 1.54) is 6.42 Å². The number of phenols is 1. The summed E-state index contributed by atoms with van der Waals surface area (Å²) in [6, 6.07) is 2.08. The molecule has 0 unspecified atom stereocenters. The van der Waals surface area contributed by atoms with Crippen molar-refractivity contribution in [1.82, 2.24) is 0 Å². The van der Waals surface area contributed by atoms with Crippen molar-refractivity contribution in [2.45, 2.75) is 77.7 Å². The zero-order valence-electron chi connectivity index (χ0n) is 15.9. The van der Waals surface area contributed by atoms with Gasteiger partial charge < -0.3 is 14.9 Å². The van der Waals surface area contributed by atoms with Gasteiger partial charge in [0.15, 0.2) is 11.5 Å². The quantitative estimate of drug-likeness (QED) is 0.797. The van der Waals surface area contributed by atoms with Crippen molar-refractivity contribution in [3.05, 3.63) is 22.8 Å². The van der Waals surface area contributed by atoms with Gasteiger partial charge in [0.25, 0.3) is 0 Å². The standard InChI is InChI=1S/C21H32O3/c1-12(2)13-10-14-15(22)11-16-20(3,4)8-7-9-21(16,5)17(14)18(23)19(13)24-6/h10,12,15-16,22-23H,7-9,11H2,1-6H3/t15-,16-,21+/m1/s1. The molecule has 0 amide bonds. The molecule has 0 spiro atoms. The monoisotopic (exact) mass is 332 g/mol. The van der Waals surface area contributed by atoms with Crippen LogP contribution in [0.5, 0.6) is 11.5 Å². The highest BCUT2D eigenvalue weighted by Gasteiger charge is 2.53. The molecular weight excluding hydrogens is 300 g/mol. The molecule has 0 heterocycles. The van der Waals surface area contributed by atoms with Crippen molar-refractivity contribution in [1.29, 1.82) is 0 Å². The van der Waals surface area contributed by atoms with Gasteiger partial charge in [-0.25, -0.2) is 0 Å². The summed E-state index contributed by atoms with van der Waals surface area (Å²) in [5.41, 5.74) is 2.88.